The van der Waals surface area contributed by atoms with Crippen molar-refractivity contribution >= 4 is 0 Å². The van der Waals surface area contributed by atoms with Gasteiger partial charge in [0.05, 0.1) is 18.8 Å². The first-order chi connectivity index (χ1) is 9.89. The second-order valence-electron chi connectivity index (χ2n) is 5.63. The van der Waals surface area contributed by atoms with Crippen LogP contribution in [0.2, 0.25) is 0 Å². The second-order valence-corrected chi connectivity index (χ2v) is 5.63. The number of ether oxygens (including phenoxy) is 2. The molecule has 2 unspecified atom stereocenters. The molecule has 0 fully saturated rings. The predicted molar refractivity (Wildman–Crippen MR) is 82.7 cm³/mol. The van der Waals surface area contributed by atoms with E-state index in [-0.39, 0.29) is 0 Å². The van der Waals surface area contributed by atoms with E-state index >= 15 is 0 Å². The molecule has 0 amide bonds. The summed E-state index contributed by atoms with van der Waals surface area (Å²) in [6.07, 6.45) is -0.140. The molecule has 0 aliphatic carbocycles. The van der Waals surface area contributed by atoms with Gasteiger partial charge < -0.3 is 25.0 Å². The zero-order valence-electron chi connectivity index (χ0n) is 13.3. The highest BCUT2D eigenvalue weighted by atomic mass is 16.5. The number of aryl methyl sites for hydroxylation is 1. The molecule has 2 atom stereocenters. The lowest BCUT2D eigenvalue weighted by Crippen LogP contribution is -2.40. The van der Waals surface area contributed by atoms with Crippen LogP contribution in [0.4, 0.5) is 0 Å². The fraction of sp³-hybridized carbons (Fsp3) is 0.625. The van der Waals surface area contributed by atoms with Crippen LogP contribution in [-0.4, -0.2) is 49.7 Å². The van der Waals surface area contributed by atoms with E-state index in [4.69, 9.17) is 9.47 Å². The molecule has 1 aromatic carbocycles. The molecule has 0 saturated carbocycles. The van der Waals surface area contributed by atoms with Gasteiger partial charge in [-0.05, 0) is 26.0 Å². The maximum absolute atomic E-state index is 10.3. The Morgan fingerprint density at radius 2 is 2.05 bits per heavy atom. The minimum Gasteiger partial charge on any atom is -0.496 e. The monoisotopic (exact) mass is 297 g/mol. The molecule has 0 aromatic heterocycles. The molecule has 0 aliphatic heterocycles. The van der Waals surface area contributed by atoms with Crippen LogP contribution in [0, 0.1) is 6.92 Å². The molecule has 5 nitrogen and oxygen atoms in total. The number of benzene rings is 1. The Hall–Kier alpha value is -1.14. The highest BCUT2D eigenvalue weighted by Gasteiger charge is 2.20. The Bertz CT molecular complexity index is 434. The van der Waals surface area contributed by atoms with Crippen LogP contribution >= 0.6 is 0 Å². The summed E-state index contributed by atoms with van der Waals surface area (Å²) >= 11 is 0. The molecule has 0 heterocycles. The van der Waals surface area contributed by atoms with Crippen LogP contribution in [0.25, 0.3) is 0 Å². The highest BCUT2D eigenvalue weighted by molar-refractivity contribution is 5.38. The number of aliphatic hydroxyl groups excluding tert-OH is 1. The Labute approximate surface area is 126 Å². The van der Waals surface area contributed by atoms with E-state index in [2.05, 4.69) is 5.32 Å². The van der Waals surface area contributed by atoms with Gasteiger partial charge in [0.2, 0.25) is 0 Å². The summed E-state index contributed by atoms with van der Waals surface area (Å²) in [6, 6.07) is 5.70. The van der Waals surface area contributed by atoms with Gasteiger partial charge in [-0.2, -0.15) is 0 Å². The van der Waals surface area contributed by atoms with Crippen molar-refractivity contribution in [2.24, 2.45) is 0 Å². The lowest BCUT2D eigenvalue weighted by Gasteiger charge is -2.24. The average Bonchev–Trinajstić information content (AvgIpc) is 2.44. The zero-order valence-corrected chi connectivity index (χ0v) is 13.3. The van der Waals surface area contributed by atoms with E-state index in [9.17, 15) is 10.2 Å². The molecule has 0 spiro atoms. The van der Waals surface area contributed by atoms with Gasteiger partial charge in [-0.1, -0.05) is 11.6 Å². The molecule has 0 radical (unpaired) electrons. The van der Waals surface area contributed by atoms with E-state index in [0.717, 1.165) is 11.1 Å². The topological polar surface area (TPSA) is 71.0 Å². The van der Waals surface area contributed by atoms with Gasteiger partial charge in [0.1, 0.15) is 5.75 Å². The Balaban J connectivity index is 2.54. The molecule has 3 N–H and O–H groups in total. The third-order valence-corrected chi connectivity index (χ3v) is 3.43. The van der Waals surface area contributed by atoms with E-state index in [1.54, 1.807) is 21.1 Å². The number of methoxy groups -OCH3 is 2. The molecule has 0 saturated heterocycles. The first-order valence-electron chi connectivity index (χ1n) is 7.14. The largest absolute Gasteiger partial charge is 0.496 e. The molecular formula is C16H27NO4. The molecule has 1 aromatic rings. The highest BCUT2D eigenvalue weighted by Crippen LogP contribution is 2.25. The summed E-state index contributed by atoms with van der Waals surface area (Å²) < 4.78 is 10.2. The summed E-state index contributed by atoms with van der Waals surface area (Å²) in [5.74, 6) is 0.668. The van der Waals surface area contributed by atoms with Gasteiger partial charge in [0.25, 0.3) is 0 Å². The summed E-state index contributed by atoms with van der Waals surface area (Å²) in [5.41, 5.74) is 0.963. The normalized spacial score (nSPS) is 15.5. The molecule has 21 heavy (non-hydrogen) atoms. The molecule has 0 aliphatic rings. The van der Waals surface area contributed by atoms with Gasteiger partial charge >= 0.3 is 0 Å². The van der Waals surface area contributed by atoms with Crippen LogP contribution in [0.3, 0.4) is 0 Å². The van der Waals surface area contributed by atoms with Crippen LogP contribution in [0.15, 0.2) is 18.2 Å². The van der Waals surface area contributed by atoms with Crippen molar-refractivity contribution in [1.29, 1.82) is 0 Å². The number of nitrogens with one attached hydrogen (secondary N) is 1. The van der Waals surface area contributed by atoms with E-state index < -0.39 is 11.7 Å². The molecule has 120 valence electrons. The number of hydrogen-bond acceptors (Lipinski definition) is 5. The first-order valence-corrected chi connectivity index (χ1v) is 7.14. The van der Waals surface area contributed by atoms with Crippen molar-refractivity contribution in [3.8, 4) is 5.75 Å². The predicted octanol–water partition coefficient (Wildman–Crippen LogP) is 1.41. The second kappa shape index (κ2) is 8.34. The van der Waals surface area contributed by atoms with Crippen LogP contribution in [-0.2, 0) is 4.74 Å². The Morgan fingerprint density at radius 3 is 2.67 bits per heavy atom. The number of rotatable bonds is 9. The first kappa shape index (κ1) is 17.9. The maximum Gasteiger partial charge on any atom is 0.124 e. The fourth-order valence-electron chi connectivity index (χ4n) is 2.11. The van der Waals surface area contributed by atoms with Gasteiger partial charge in [0.15, 0.2) is 0 Å². The fourth-order valence-corrected chi connectivity index (χ4v) is 2.11. The molecule has 0 bridgehead atoms. The average molecular weight is 297 g/mol. The standard InChI is InChI=1S/C16H27NO4/c1-12-5-6-15(21-4)13(9-12)14(18)10-17-11-16(2,19)7-8-20-3/h5-6,9,14,17-19H,7-8,10-11H2,1-4H3. The summed E-state index contributed by atoms with van der Waals surface area (Å²) in [4.78, 5) is 0. The van der Waals surface area contributed by atoms with Crippen molar-refractivity contribution in [2.75, 3.05) is 33.9 Å². The van der Waals surface area contributed by atoms with E-state index in [1.165, 1.54) is 0 Å². The SMILES string of the molecule is COCCC(C)(O)CNCC(O)c1cc(C)ccc1OC. The molecular weight excluding hydrogens is 270 g/mol. The summed E-state index contributed by atoms with van der Waals surface area (Å²) in [6.45, 7) is 4.96. The summed E-state index contributed by atoms with van der Waals surface area (Å²) in [7, 11) is 3.20. The quantitative estimate of drug-likeness (QED) is 0.643. The third kappa shape index (κ3) is 6.01. The third-order valence-electron chi connectivity index (χ3n) is 3.43. The van der Waals surface area contributed by atoms with Crippen molar-refractivity contribution in [1.82, 2.24) is 5.32 Å². The molecule has 1 rings (SSSR count). The van der Waals surface area contributed by atoms with Crippen molar-refractivity contribution in [2.45, 2.75) is 32.0 Å². The van der Waals surface area contributed by atoms with Crippen LogP contribution < -0.4 is 10.1 Å². The number of hydrogen-bond donors (Lipinski definition) is 3. The van der Waals surface area contributed by atoms with Gasteiger partial charge in [-0.3, -0.25) is 0 Å². The number of aliphatic hydroxyl groups is 2. The van der Waals surface area contributed by atoms with Gasteiger partial charge in [-0.15, -0.1) is 0 Å². The van der Waals surface area contributed by atoms with Crippen molar-refractivity contribution in [3.63, 3.8) is 0 Å². The van der Waals surface area contributed by atoms with Gasteiger partial charge in [-0.25, -0.2) is 0 Å². The zero-order chi connectivity index (χ0) is 15.9. The van der Waals surface area contributed by atoms with E-state index in [1.807, 2.05) is 25.1 Å². The van der Waals surface area contributed by atoms with Crippen molar-refractivity contribution in [3.05, 3.63) is 29.3 Å². The lowest BCUT2D eigenvalue weighted by atomic mass is 10.0. The van der Waals surface area contributed by atoms with Gasteiger partial charge in [0, 0.05) is 38.8 Å². The smallest absolute Gasteiger partial charge is 0.124 e. The Kier molecular flexibility index (Phi) is 7.11. The maximum atomic E-state index is 10.3. The van der Waals surface area contributed by atoms with Crippen LogP contribution in [0.5, 0.6) is 5.75 Å². The van der Waals surface area contributed by atoms with Crippen molar-refractivity contribution < 1.29 is 19.7 Å². The minimum absolute atomic E-state index is 0.350. The summed E-state index contributed by atoms with van der Waals surface area (Å²) in [5, 5.41) is 23.5. The van der Waals surface area contributed by atoms with E-state index in [0.29, 0.717) is 31.9 Å². The lowest BCUT2D eigenvalue weighted by molar-refractivity contribution is 0.0224. The van der Waals surface area contributed by atoms with Crippen LogP contribution in [0.1, 0.15) is 30.6 Å². The molecule has 5 heteroatoms. The Morgan fingerprint density at radius 1 is 1.33 bits per heavy atom. The minimum atomic E-state index is -0.855.